The molecule has 0 aromatic carbocycles. The fourth-order valence-electron chi connectivity index (χ4n) is 0.348. The van der Waals surface area contributed by atoms with E-state index in [1.54, 1.807) is 14.1 Å². The molecule has 0 radical (unpaired) electrons. The Morgan fingerprint density at radius 2 is 2.20 bits per heavy atom. The van der Waals surface area contributed by atoms with Gasteiger partial charge in [-0.2, -0.15) is 0 Å². The van der Waals surface area contributed by atoms with Crippen molar-refractivity contribution in [3.63, 3.8) is 0 Å². The van der Waals surface area contributed by atoms with Gasteiger partial charge in [-0.25, -0.2) is 0 Å². The fraction of sp³-hybridized carbons (Fsp3) is 0.600. The van der Waals surface area contributed by atoms with Crippen LogP contribution in [0.2, 0.25) is 0 Å². The number of nitrogens with two attached hydrogens (primary N) is 1. The average Bonchev–Trinajstić information content (AvgIpc) is 1.87. The summed E-state index contributed by atoms with van der Waals surface area (Å²) in [5.74, 6) is -0.256. The second-order valence-corrected chi connectivity index (χ2v) is 2.06. The summed E-state index contributed by atoms with van der Waals surface area (Å²) < 4.78 is 0. The summed E-state index contributed by atoms with van der Waals surface area (Å²) in [5, 5.41) is 10.7. The Kier molecular flexibility index (Phi) is 3.24. The highest BCUT2D eigenvalue weighted by molar-refractivity contribution is 5.98. The zero-order chi connectivity index (χ0) is 8.15. The Morgan fingerprint density at radius 3 is 2.50 bits per heavy atom. The van der Waals surface area contributed by atoms with Crippen LogP contribution < -0.4 is 5.73 Å². The van der Waals surface area contributed by atoms with Crippen molar-refractivity contribution in [3.05, 3.63) is 0 Å². The summed E-state index contributed by atoms with van der Waals surface area (Å²) >= 11 is 0. The van der Waals surface area contributed by atoms with Crippen molar-refractivity contribution in [1.29, 1.82) is 0 Å². The van der Waals surface area contributed by atoms with Gasteiger partial charge in [0.15, 0.2) is 0 Å². The van der Waals surface area contributed by atoms with Crippen molar-refractivity contribution in [2.45, 2.75) is 6.42 Å². The molecule has 3 N–H and O–H groups in total. The maximum Gasteiger partial charge on any atom is 0.229 e. The fourth-order valence-corrected chi connectivity index (χ4v) is 0.348. The zero-order valence-electron chi connectivity index (χ0n) is 6.03. The van der Waals surface area contributed by atoms with Crippen LogP contribution in [0, 0.1) is 0 Å². The van der Waals surface area contributed by atoms with Crippen molar-refractivity contribution in [1.82, 2.24) is 4.90 Å². The molecular formula is C5H11N3O2. The zero-order valence-corrected chi connectivity index (χ0v) is 6.03. The summed E-state index contributed by atoms with van der Waals surface area (Å²) in [6, 6.07) is 0. The largest absolute Gasteiger partial charge is 0.409 e. The van der Waals surface area contributed by atoms with Crippen LogP contribution in [0.4, 0.5) is 0 Å². The Hall–Kier alpha value is -1.26. The number of nitrogens with zero attached hydrogens (tertiary/aromatic N) is 2. The maximum absolute atomic E-state index is 10.8. The minimum Gasteiger partial charge on any atom is -0.409 e. The molecule has 0 fully saturated rings. The normalized spacial score (nSPS) is 11.2. The molecule has 0 heterocycles. The summed E-state index contributed by atoms with van der Waals surface area (Å²) in [7, 11) is 3.21. The molecule has 0 saturated carbocycles. The van der Waals surface area contributed by atoms with E-state index in [1.165, 1.54) is 4.90 Å². The number of carbonyl (C=O) groups is 1. The quantitative estimate of drug-likeness (QED) is 0.231. The highest BCUT2D eigenvalue weighted by atomic mass is 16.4. The minimum atomic E-state index is -0.185. The van der Waals surface area contributed by atoms with Crippen LogP contribution in [-0.2, 0) is 4.79 Å². The first kappa shape index (κ1) is 8.74. The third kappa shape index (κ3) is 2.91. The molecule has 0 aromatic rings. The molecule has 5 nitrogen and oxygen atoms in total. The van der Waals surface area contributed by atoms with Gasteiger partial charge in [-0.15, -0.1) is 0 Å². The van der Waals surface area contributed by atoms with E-state index in [2.05, 4.69) is 5.16 Å². The van der Waals surface area contributed by atoms with Crippen molar-refractivity contribution in [3.8, 4) is 0 Å². The van der Waals surface area contributed by atoms with E-state index in [1.807, 2.05) is 0 Å². The molecule has 0 saturated heterocycles. The Balaban J connectivity index is 3.81. The predicted octanol–water partition coefficient (Wildman–Crippen LogP) is -0.789. The molecule has 5 heteroatoms. The third-order valence-electron chi connectivity index (χ3n) is 0.960. The van der Waals surface area contributed by atoms with Crippen LogP contribution in [0.15, 0.2) is 5.16 Å². The van der Waals surface area contributed by atoms with Gasteiger partial charge in [0.1, 0.15) is 5.84 Å². The number of hydrogen-bond acceptors (Lipinski definition) is 3. The van der Waals surface area contributed by atoms with Gasteiger partial charge >= 0.3 is 0 Å². The lowest BCUT2D eigenvalue weighted by molar-refractivity contribution is -0.127. The smallest absolute Gasteiger partial charge is 0.229 e. The number of hydrogen-bond donors (Lipinski definition) is 2. The maximum atomic E-state index is 10.8. The lowest BCUT2D eigenvalue weighted by Crippen LogP contribution is -2.27. The van der Waals surface area contributed by atoms with Crippen molar-refractivity contribution in [2.24, 2.45) is 10.9 Å². The van der Waals surface area contributed by atoms with Crippen LogP contribution >= 0.6 is 0 Å². The van der Waals surface area contributed by atoms with Crippen LogP contribution in [0.3, 0.4) is 0 Å². The van der Waals surface area contributed by atoms with Gasteiger partial charge in [-0.1, -0.05) is 5.16 Å². The van der Waals surface area contributed by atoms with Gasteiger partial charge in [0, 0.05) is 14.1 Å². The molecule has 0 unspecified atom stereocenters. The van der Waals surface area contributed by atoms with Crippen molar-refractivity contribution in [2.75, 3.05) is 14.1 Å². The second kappa shape index (κ2) is 3.71. The Labute approximate surface area is 59.1 Å². The molecule has 0 spiro atoms. The van der Waals surface area contributed by atoms with Gasteiger partial charge in [-0.3, -0.25) is 4.79 Å². The van der Waals surface area contributed by atoms with Gasteiger partial charge in [0.05, 0.1) is 6.42 Å². The van der Waals surface area contributed by atoms with Crippen LogP contribution in [0.25, 0.3) is 0 Å². The molecule has 58 valence electrons. The lowest BCUT2D eigenvalue weighted by atomic mass is 10.4. The van der Waals surface area contributed by atoms with E-state index in [0.29, 0.717) is 0 Å². The van der Waals surface area contributed by atoms with E-state index in [-0.39, 0.29) is 18.2 Å². The number of amidine groups is 1. The summed E-state index contributed by atoms with van der Waals surface area (Å²) in [5.41, 5.74) is 5.06. The SMILES string of the molecule is CN(C)C(=O)C/C(N)=N/O. The van der Waals surface area contributed by atoms with Crippen molar-refractivity contribution >= 4 is 11.7 Å². The highest BCUT2D eigenvalue weighted by Crippen LogP contribution is 1.85. The van der Waals surface area contributed by atoms with Gasteiger partial charge in [0.25, 0.3) is 0 Å². The van der Waals surface area contributed by atoms with Gasteiger partial charge in [-0.05, 0) is 0 Å². The van der Waals surface area contributed by atoms with E-state index < -0.39 is 0 Å². The second-order valence-electron chi connectivity index (χ2n) is 2.06. The molecule has 1 amide bonds. The molecule has 0 aliphatic carbocycles. The number of oxime groups is 1. The van der Waals surface area contributed by atoms with Crippen LogP contribution in [-0.4, -0.2) is 35.9 Å². The molecular weight excluding hydrogens is 134 g/mol. The Morgan fingerprint density at radius 1 is 1.70 bits per heavy atom. The molecule has 0 rings (SSSR count). The minimum absolute atomic E-state index is 0.0382. The number of rotatable bonds is 2. The molecule has 0 aromatic heterocycles. The summed E-state index contributed by atoms with van der Waals surface area (Å²) in [6.45, 7) is 0. The first-order valence-corrected chi connectivity index (χ1v) is 2.74. The standard InChI is InChI=1S/C5H11N3O2/c1-8(2)5(9)3-4(6)7-10/h10H,3H2,1-2H3,(H2,6,7). The molecule has 0 bridgehead atoms. The lowest BCUT2D eigenvalue weighted by Gasteiger charge is -2.07. The van der Waals surface area contributed by atoms with Crippen LogP contribution in [0.1, 0.15) is 6.42 Å². The van der Waals surface area contributed by atoms with E-state index in [9.17, 15) is 4.79 Å². The summed E-state index contributed by atoms with van der Waals surface area (Å²) in [4.78, 5) is 12.1. The molecule has 10 heavy (non-hydrogen) atoms. The number of amides is 1. The summed E-state index contributed by atoms with van der Waals surface area (Å²) in [6.07, 6.45) is -0.0382. The first-order chi connectivity index (χ1) is 4.57. The Bertz CT molecular complexity index is 153. The number of carbonyl (C=O) groups excluding carboxylic acids is 1. The van der Waals surface area contributed by atoms with E-state index in [4.69, 9.17) is 10.9 Å². The van der Waals surface area contributed by atoms with Gasteiger partial charge in [0.2, 0.25) is 5.91 Å². The third-order valence-corrected chi connectivity index (χ3v) is 0.960. The predicted molar refractivity (Wildman–Crippen MR) is 36.7 cm³/mol. The topological polar surface area (TPSA) is 78.9 Å². The van der Waals surface area contributed by atoms with E-state index in [0.717, 1.165) is 0 Å². The van der Waals surface area contributed by atoms with Crippen LogP contribution in [0.5, 0.6) is 0 Å². The monoisotopic (exact) mass is 145 g/mol. The first-order valence-electron chi connectivity index (χ1n) is 2.74. The molecule has 0 aliphatic rings. The van der Waals surface area contributed by atoms with Crippen molar-refractivity contribution < 1.29 is 10.0 Å². The van der Waals surface area contributed by atoms with Gasteiger partial charge < -0.3 is 15.8 Å². The molecule has 0 aliphatic heterocycles. The molecule has 0 atom stereocenters. The average molecular weight is 145 g/mol. The highest BCUT2D eigenvalue weighted by Gasteiger charge is 2.05. The van der Waals surface area contributed by atoms with E-state index >= 15 is 0 Å².